The van der Waals surface area contributed by atoms with Crippen LogP contribution in [0.1, 0.15) is 12.0 Å². The van der Waals surface area contributed by atoms with E-state index in [1.165, 1.54) is 17.7 Å². The van der Waals surface area contributed by atoms with Crippen LogP contribution in [0.2, 0.25) is 0 Å². The number of imidazole rings is 1. The molecule has 2 heterocycles. The minimum absolute atomic E-state index is 0.943. The number of nitrogens with zero attached hydrogens (tertiary/aromatic N) is 1. The third-order valence-corrected chi connectivity index (χ3v) is 3.69. The van der Waals surface area contributed by atoms with Crippen LogP contribution in [0.4, 0.5) is 5.69 Å². The number of hydrogen-bond acceptors (Lipinski definition) is 2. The van der Waals surface area contributed by atoms with Crippen LogP contribution in [-0.2, 0) is 6.42 Å². The van der Waals surface area contributed by atoms with E-state index in [2.05, 4.69) is 34.6 Å². The summed E-state index contributed by atoms with van der Waals surface area (Å²) in [6.45, 7) is 1.06. The zero-order valence-corrected chi connectivity index (χ0v) is 10.6. The molecule has 0 amide bonds. The van der Waals surface area contributed by atoms with E-state index in [-0.39, 0.29) is 0 Å². The third kappa shape index (κ3) is 1.78. The zero-order valence-electron chi connectivity index (χ0n) is 10.6. The first-order valence-corrected chi connectivity index (χ1v) is 6.72. The summed E-state index contributed by atoms with van der Waals surface area (Å²) in [5, 5.41) is 3.45. The number of nitrogens with one attached hydrogen (secondary N) is 2. The Morgan fingerprint density at radius 3 is 2.84 bits per heavy atom. The van der Waals surface area contributed by atoms with Crippen molar-refractivity contribution in [1.29, 1.82) is 0 Å². The summed E-state index contributed by atoms with van der Waals surface area (Å²) < 4.78 is 0. The number of fused-ring (bicyclic) bond motifs is 2. The number of aryl methyl sites for hydroxylation is 1. The van der Waals surface area contributed by atoms with Gasteiger partial charge in [0.2, 0.25) is 0 Å². The summed E-state index contributed by atoms with van der Waals surface area (Å²) in [6.07, 6.45) is 2.36. The quantitative estimate of drug-likeness (QED) is 0.692. The van der Waals surface area contributed by atoms with Crippen molar-refractivity contribution in [1.82, 2.24) is 9.97 Å². The molecule has 0 fully saturated rings. The van der Waals surface area contributed by atoms with Gasteiger partial charge in [-0.15, -0.1) is 0 Å². The highest BCUT2D eigenvalue weighted by atomic mass is 14.9. The molecular weight excluding hydrogens is 234 g/mol. The summed E-state index contributed by atoms with van der Waals surface area (Å²) in [4.78, 5) is 8.12. The molecule has 0 radical (unpaired) electrons. The summed E-state index contributed by atoms with van der Waals surface area (Å²) in [5.74, 6) is 0.943. The van der Waals surface area contributed by atoms with Gasteiger partial charge in [-0.3, -0.25) is 0 Å². The van der Waals surface area contributed by atoms with Gasteiger partial charge < -0.3 is 10.3 Å². The monoisotopic (exact) mass is 249 g/mol. The normalized spacial score (nSPS) is 14.1. The van der Waals surface area contributed by atoms with E-state index < -0.39 is 0 Å². The minimum Gasteiger partial charge on any atom is -0.385 e. The highest BCUT2D eigenvalue weighted by Crippen LogP contribution is 2.28. The molecule has 19 heavy (non-hydrogen) atoms. The van der Waals surface area contributed by atoms with Crippen molar-refractivity contribution in [3.8, 4) is 11.4 Å². The summed E-state index contributed by atoms with van der Waals surface area (Å²) in [7, 11) is 0. The molecular formula is C16H15N3. The van der Waals surface area contributed by atoms with E-state index in [1.807, 2.05) is 18.2 Å². The van der Waals surface area contributed by atoms with Gasteiger partial charge in [0.25, 0.3) is 0 Å². The van der Waals surface area contributed by atoms with Crippen molar-refractivity contribution in [2.24, 2.45) is 0 Å². The Bertz CT molecular complexity index is 685. The van der Waals surface area contributed by atoms with Crippen LogP contribution in [0, 0.1) is 0 Å². The number of aromatic amines is 1. The molecule has 3 aromatic rings. The second-order valence-corrected chi connectivity index (χ2v) is 5.01. The Kier molecular flexibility index (Phi) is 2.30. The molecule has 0 saturated carbocycles. The molecule has 1 aliphatic rings. The summed E-state index contributed by atoms with van der Waals surface area (Å²) in [6, 6.07) is 14.6. The highest BCUT2D eigenvalue weighted by Gasteiger charge is 2.12. The van der Waals surface area contributed by atoms with Gasteiger partial charge in [-0.1, -0.05) is 30.3 Å². The van der Waals surface area contributed by atoms with E-state index in [1.54, 1.807) is 0 Å². The van der Waals surface area contributed by atoms with Crippen LogP contribution < -0.4 is 5.32 Å². The van der Waals surface area contributed by atoms with Crippen LogP contribution in [0.15, 0.2) is 42.5 Å². The Morgan fingerprint density at radius 2 is 1.95 bits per heavy atom. The van der Waals surface area contributed by atoms with Crippen molar-refractivity contribution in [2.75, 3.05) is 11.9 Å². The molecule has 2 aromatic carbocycles. The first-order chi connectivity index (χ1) is 9.40. The van der Waals surface area contributed by atoms with Crippen molar-refractivity contribution in [3.63, 3.8) is 0 Å². The first-order valence-electron chi connectivity index (χ1n) is 6.72. The van der Waals surface area contributed by atoms with E-state index in [9.17, 15) is 0 Å². The van der Waals surface area contributed by atoms with Crippen LogP contribution in [0.25, 0.3) is 22.4 Å². The molecule has 4 rings (SSSR count). The molecule has 0 aliphatic carbocycles. The number of aromatic nitrogens is 2. The van der Waals surface area contributed by atoms with E-state index in [0.717, 1.165) is 35.4 Å². The molecule has 0 unspecified atom stereocenters. The number of hydrogen-bond donors (Lipinski definition) is 2. The lowest BCUT2D eigenvalue weighted by molar-refractivity contribution is 0.831. The fourth-order valence-corrected chi connectivity index (χ4v) is 2.71. The van der Waals surface area contributed by atoms with Gasteiger partial charge in [0.15, 0.2) is 0 Å². The fraction of sp³-hybridized carbons (Fsp3) is 0.188. The highest BCUT2D eigenvalue weighted by molar-refractivity contribution is 5.84. The maximum Gasteiger partial charge on any atom is 0.138 e. The van der Waals surface area contributed by atoms with Gasteiger partial charge >= 0.3 is 0 Å². The second kappa shape index (κ2) is 4.12. The van der Waals surface area contributed by atoms with Crippen LogP contribution in [-0.4, -0.2) is 16.5 Å². The standard InChI is InChI=1S/C16H15N3/c1-2-5-11(6-3-1)16-18-14-9-12-7-4-8-17-13(12)10-15(14)19-16/h1-3,5-6,9-10,17H,4,7-8H2,(H,18,19). The van der Waals surface area contributed by atoms with Crippen LogP contribution in [0.5, 0.6) is 0 Å². The predicted molar refractivity (Wildman–Crippen MR) is 78.3 cm³/mol. The number of anilines is 1. The molecule has 94 valence electrons. The predicted octanol–water partition coefficient (Wildman–Crippen LogP) is 3.59. The van der Waals surface area contributed by atoms with Crippen LogP contribution in [0.3, 0.4) is 0 Å². The summed E-state index contributed by atoms with van der Waals surface area (Å²) in [5.41, 5.74) is 5.92. The Balaban J connectivity index is 1.87. The Labute approximate surface area is 111 Å². The summed E-state index contributed by atoms with van der Waals surface area (Å²) >= 11 is 0. The van der Waals surface area contributed by atoms with Crippen molar-refractivity contribution >= 4 is 16.7 Å². The lowest BCUT2D eigenvalue weighted by Gasteiger charge is -2.17. The average Bonchev–Trinajstić information content (AvgIpc) is 2.88. The molecule has 0 saturated heterocycles. The number of rotatable bonds is 1. The second-order valence-electron chi connectivity index (χ2n) is 5.01. The third-order valence-electron chi connectivity index (χ3n) is 3.69. The van der Waals surface area contributed by atoms with Crippen molar-refractivity contribution in [3.05, 3.63) is 48.0 Å². The average molecular weight is 249 g/mol. The molecule has 0 atom stereocenters. The van der Waals surface area contributed by atoms with E-state index in [0.29, 0.717) is 0 Å². The van der Waals surface area contributed by atoms with Gasteiger partial charge in [-0.2, -0.15) is 0 Å². The molecule has 2 N–H and O–H groups in total. The van der Waals surface area contributed by atoms with Crippen molar-refractivity contribution in [2.45, 2.75) is 12.8 Å². The largest absolute Gasteiger partial charge is 0.385 e. The molecule has 3 heteroatoms. The van der Waals surface area contributed by atoms with Gasteiger partial charge in [0.05, 0.1) is 11.0 Å². The molecule has 1 aromatic heterocycles. The van der Waals surface area contributed by atoms with E-state index in [4.69, 9.17) is 4.98 Å². The van der Waals surface area contributed by atoms with Crippen molar-refractivity contribution < 1.29 is 0 Å². The number of benzene rings is 2. The van der Waals surface area contributed by atoms with Gasteiger partial charge in [-0.05, 0) is 30.5 Å². The van der Waals surface area contributed by atoms with Gasteiger partial charge in [-0.25, -0.2) is 4.98 Å². The SMILES string of the molecule is c1ccc(-c2nc3cc4c(cc3[nH]2)CCCN4)cc1. The maximum absolute atomic E-state index is 4.70. The number of H-pyrrole nitrogens is 1. The Morgan fingerprint density at radius 1 is 1.05 bits per heavy atom. The molecule has 3 nitrogen and oxygen atoms in total. The smallest absolute Gasteiger partial charge is 0.138 e. The molecule has 0 spiro atoms. The lowest BCUT2D eigenvalue weighted by atomic mass is 10.0. The fourth-order valence-electron chi connectivity index (χ4n) is 2.71. The first kappa shape index (κ1) is 10.6. The lowest BCUT2D eigenvalue weighted by Crippen LogP contribution is -2.11. The van der Waals surface area contributed by atoms with Gasteiger partial charge in [0, 0.05) is 17.8 Å². The van der Waals surface area contributed by atoms with Gasteiger partial charge in [0.1, 0.15) is 5.82 Å². The van der Waals surface area contributed by atoms with E-state index >= 15 is 0 Å². The molecule has 0 bridgehead atoms. The maximum atomic E-state index is 4.70. The Hall–Kier alpha value is -2.29. The minimum atomic E-state index is 0.943. The van der Waals surface area contributed by atoms with Crippen LogP contribution >= 0.6 is 0 Å². The zero-order chi connectivity index (χ0) is 12.7. The molecule has 1 aliphatic heterocycles. The topological polar surface area (TPSA) is 40.7 Å².